The first-order valence-corrected chi connectivity index (χ1v) is 6.99. The second kappa shape index (κ2) is 3.99. The van der Waals surface area contributed by atoms with Gasteiger partial charge in [-0.15, -0.1) is 0 Å². The number of hydrogen-bond acceptors (Lipinski definition) is 2. The number of carboxylic acids is 1. The van der Waals surface area contributed by atoms with Gasteiger partial charge in [0, 0.05) is 6.42 Å². The Morgan fingerprint density at radius 3 is 2.58 bits per heavy atom. The predicted octanol–water partition coefficient (Wildman–Crippen LogP) is 3.30. The number of carboxylic acid groups (broad SMARTS) is 1. The zero-order valence-corrected chi connectivity index (χ0v) is 11.5. The third kappa shape index (κ3) is 1.92. The highest BCUT2D eigenvalue weighted by Crippen LogP contribution is 2.44. The highest BCUT2D eigenvalue weighted by atomic mass is 16.5. The van der Waals surface area contributed by atoms with E-state index in [1.807, 2.05) is 18.2 Å². The number of benzene rings is 1. The lowest BCUT2D eigenvalue weighted by atomic mass is 9.78. The molecule has 0 radical (unpaired) electrons. The Morgan fingerprint density at radius 1 is 1.26 bits per heavy atom. The molecule has 1 aliphatic heterocycles. The van der Waals surface area contributed by atoms with Crippen LogP contribution in [0.2, 0.25) is 0 Å². The van der Waals surface area contributed by atoms with Gasteiger partial charge in [0.25, 0.3) is 0 Å². The summed E-state index contributed by atoms with van der Waals surface area (Å²) in [5, 5.41) is 9.63. The average molecular weight is 260 g/mol. The summed E-state index contributed by atoms with van der Waals surface area (Å²) in [5.74, 6) is 0.178. The van der Waals surface area contributed by atoms with Crippen LogP contribution >= 0.6 is 0 Å². The maximum absolute atomic E-state index is 11.7. The molecule has 1 aliphatic carbocycles. The van der Waals surface area contributed by atoms with Crippen molar-refractivity contribution in [1.29, 1.82) is 0 Å². The molecule has 1 aromatic rings. The van der Waals surface area contributed by atoms with Crippen molar-refractivity contribution >= 4 is 5.97 Å². The van der Waals surface area contributed by atoms with E-state index in [1.165, 1.54) is 5.56 Å². The van der Waals surface area contributed by atoms with Crippen molar-refractivity contribution in [2.24, 2.45) is 0 Å². The Kier molecular flexibility index (Phi) is 2.63. The van der Waals surface area contributed by atoms with Crippen LogP contribution in [0.4, 0.5) is 0 Å². The first kappa shape index (κ1) is 12.5. The lowest BCUT2D eigenvalue weighted by molar-refractivity contribution is -0.143. The molecule has 3 heteroatoms. The molecule has 0 aromatic heterocycles. The van der Waals surface area contributed by atoms with Crippen molar-refractivity contribution in [2.45, 2.75) is 57.0 Å². The van der Waals surface area contributed by atoms with E-state index in [-0.39, 0.29) is 5.60 Å². The smallest absolute Gasteiger partial charge is 0.314 e. The van der Waals surface area contributed by atoms with Crippen LogP contribution in [0.15, 0.2) is 18.2 Å². The van der Waals surface area contributed by atoms with Crippen LogP contribution in [-0.2, 0) is 16.6 Å². The molecule has 1 aromatic carbocycles. The van der Waals surface area contributed by atoms with E-state index in [0.29, 0.717) is 0 Å². The van der Waals surface area contributed by atoms with Crippen LogP contribution in [-0.4, -0.2) is 16.7 Å². The molecule has 1 N–H and O–H groups in total. The minimum atomic E-state index is -0.692. The molecule has 0 atom stereocenters. The summed E-state index contributed by atoms with van der Waals surface area (Å²) in [6.07, 6.45) is 4.36. The van der Waals surface area contributed by atoms with Crippen LogP contribution in [0, 0.1) is 0 Å². The van der Waals surface area contributed by atoms with Gasteiger partial charge in [-0.25, -0.2) is 0 Å². The molecule has 19 heavy (non-hydrogen) atoms. The third-order valence-corrected chi connectivity index (χ3v) is 4.49. The molecule has 102 valence electrons. The molecule has 1 saturated carbocycles. The van der Waals surface area contributed by atoms with E-state index in [2.05, 4.69) is 13.8 Å². The normalized spacial score (nSPS) is 22.8. The fourth-order valence-electron chi connectivity index (χ4n) is 3.49. The van der Waals surface area contributed by atoms with E-state index >= 15 is 0 Å². The van der Waals surface area contributed by atoms with Crippen molar-refractivity contribution in [3.05, 3.63) is 29.3 Å². The summed E-state index contributed by atoms with van der Waals surface area (Å²) < 4.78 is 5.93. The number of ether oxygens (including phenoxy) is 1. The van der Waals surface area contributed by atoms with Gasteiger partial charge in [0.2, 0.25) is 0 Å². The summed E-state index contributed by atoms with van der Waals surface area (Å²) in [7, 11) is 0. The van der Waals surface area contributed by atoms with E-state index in [4.69, 9.17) is 4.74 Å². The molecule has 0 spiro atoms. The van der Waals surface area contributed by atoms with Gasteiger partial charge in [-0.3, -0.25) is 4.79 Å². The number of rotatable bonds is 2. The third-order valence-electron chi connectivity index (χ3n) is 4.49. The highest BCUT2D eigenvalue weighted by Gasteiger charge is 2.43. The van der Waals surface area contributed by atoms with Gasteiger partial charge < -0.3 is 9.84 Å². The quantitative estimate of drug-likeness (QED) is 0.887. The summed E-state index contributed by atoms with van der Waals surface area (Å²) in [6.45, 7) is 4.13. The van der Waals surface area contributed by atoms with E-state index in [1.54, 1.807) is 0 Å². The highest BCUT2D eigenvalue weighted by molar-refractivity contribution is 5.82. The lowest BCUT2D eigenvalue weighted by Crippen LogP contribution is -2.32. The SMILES string of the molecule is CC1(C)Cc2ccc(C3(C(=O)O)CCCC3)cc2O1. The van der Waals surface area contributed by atoms with Crippen molar-refractivity contribution < 1.29 is 14.6 Å². The summed E-state index contributed by atoms with van der Waals surface area (Å²) in [5.41, 5.74) is 1.24. The molecule has 1 fully saturated rings. The van der Waals surface area contributed by atoms with Crippen LogP contribution < -0.4 is 4.74 Å². The van der Waals surface area contributed by atoms with Gasteiger partial charge >= 0.3 is 5.97 Å². The average Bonchev–Trinajstić information content (AvgIpc) is 2.90. The minimum Gasteiger partial charge on any atom is -0.487 e. The van der Waals surface area contributed by atoms with Gasteiger partial charge in [0.15, 0.2) is 0 Å². The standard InChI is InChI=1S/C16H20O3/c1-15(2)10-11-5-6-12(9-13(11)19-15)16(14(17)18)7-3-4-8-16/h5-6,9H,3-4,7-8,10H2,1-2H3,(H,17,18). The van der Waals surface area contributed by atoms with Crippen molar-refractivity contribution in [2.75, 3.05) is 0 Å². The van der Waals surface area contributed by atoms with E-state index < -0.39 is 11.4 Å². The molecule has 0 amide bonds. The minimum absolute atomic E-state index is 0.174. The summed E-state index contributed by atoms with van der Waals surface area (Å²) >= 11 is 0. The molecule has 0 saturated heterocycles. The fourth-order valence-corrected chi connectivity index (χ4v) is 3.49. The van der Waals surface area contributed by atoms with Crippen LogP contribution in [0.5, 0.6) is 5.75 Å². The molecule has 3 rings (SSSR count). The van der Waals surface area contributed by atoms with Crippen LogP contribution in [0.1, 0.15) is 50.7 Å². The van der Waals surface area contributed by atoms with Crippen molar-refractivity contribution in [3.63, 3.8) is 0 Å². The Bertz CT molecular complexity index is 525. The largest absolute Gasteiger partial charge is 0.487 e. The van der Waals surface area contributed by atoms with Gasteiger partial charge in [-0.2, -0.15) is 0 Å². The van der Waals surface area contributed by atoms with E-state index in [9.17, 15) is 9.90 Å². The first-order valence-electron chi connectivity index (χ1n) is 6.99. The maximum Gasteiger partial charge on any atom is 0.314 e. The number of aliphatic carboxylic acids is 1. The molecule has 3 nitrogen and oxygen atoms in total. The summed E-state index contributed by atoms with van der Waals surface area (Å²) in [6, 6.07) is 6.00. The van der Waals surface area contributed by atoms with E-state index in [0.717, 1.165) is 43.4 Å². The van der Waals surface area contributed by atoms with Crippen molar-refractivity contribution in [3.8, 4) is 5.75 Å². The zero-order valence-electron chi connectivity index (χ0n) is 11.5. The summed E-state index contributed by atoms with van der Waals surface area (Å²) in [4.78, 5) is 11.7. The van der Waals surface area contributed by atoms with Crippen molar-refractivity contribution in [1.82, 2.24) is 0 Å². The predicted molar refractivity (Wildman–Crippen MR) is 72.6 cm³/mol. The maximum atomic E-state index is 11.7. The fraction of sp³-hybridized carbons (Fsp3) is 0.562. The lowest BCUT2D eigenvalue weighted by Gasteiger charge is -2.25. The zero-order chi connectivity index (χ0) is 13.7. The monoisotopic (exact) mass is 260 g/mol. The van der Waals surface area contributed by atoms with Crippen LogP contribution in [0.25, 0.3) is 0 Å². The Hall–Kier alpha value is -1.51. The van der Waals surface area contributed by atoms with Gasteiger partial charge in [0.05, 0.1) is 5.41 Å². The van der Waals surface area contributed by atoms with Gasteiger partial charge in [-0.05, 0) is 43.9 Å². The van der Waals surface area contributed by atoms with Crippen LogP contribution in [0.3, 0.4) is 0 Å². The molecular weight excluding hydrogens is 240 g/mol. The second-order valence-electron chi connectivity index (χ2n) is 6.46. The molecule has 1 heterocycles. The number of hydrogen-bond donors (Lipinski definition) is 1. The number of fused-ring (bicyclic) bond motifs is 1. The first-order chi connectivity index (χ1) is 8.93. The Morgan fingerprint density at radius 2 is 1.95 bits per heavy atom. The van der Waals surface area contributed by atoms with Gasteiger partial charge in [-0.1, -0.05) is 25.0 Å². The second-order valence-corrected chi connectivity index (χ2v) is 6.46. The Balaban J connectivity index is 2.02. The topological polar surface area (TPSA) is 46.5 Å². The molecular formula is C16H20O3. The number of carbonyl (C=O) groups is 1. The van der Waals surface area contributed by atoms with Gasteiger partial charge in [0.1, 0.15) is 11.4 Å². The molecule has 2 aliphatic rings. The molecule has 0 unspecified atom stereocenters. The Labute approximate surface area is 113 Å². The molecule has 0 bridgehead atoms.